The van der Waals surface area contributed by atoms with Crippen LogP contribution in [-0.4, -0.2) is 38.7 Å². The standard InChI is InChI=1S/C20H23N3O4/c1-25-16-10-8-15(9-11-16)17-12-21-19(23-26-2)18(17)22-20(24)27-13-14-6-4-3-5-7-14/h3-11,17-18H,12-13H2,1-2H3,(H,21,23)(H,22,24)/t17-,18-/m0/s1. The summed E-state index contributed by atoms with van der Waals surface area (Å²) in [5.41, 5.74) is 1.98. The third kappa shape index (κ3) is 4.69. The van der Waals surface area contributed by atoms with Gasteiger partial charge < -0.3 is 24.9 Å². The second kappa shape index (κ2) is 8.93. The van der Waals surface area contributed by atoms with Crippen LogP contribution in [0.15, 0.2) is 59.8 Å². The maximum Gasteiger partial charge on any atom is 0.408 e. The van der Waals surface area contributed by atoms with Gasteiger partial charge in [0.15, 0.2) is 5.84 Å². The highest BCUT2D eigenvalue weighted by Gasteiger charge is 2.36. The van der Waals surface area contributed by atoms with Crippen LogP contribution < -0.4 is 15.4 Å². The highest BCUT2D eigenvalue weighted by Crippen LogP contribution is 2.26. The first-order valence-corrected chi connectivity index (χ1v) is 8.67. The normalized spacial score (nSPS) is 20.0. The Morgan fingerprint density at radius 1 is 1.15 bits per heavy atom. The molecule has 1 amide bonds. The number of methoxy groups -OCH3 is 1. The SMILES string of the molecule is CO/N=C1\NC[C@@H](c2ccc(OC)cc2)[C@@H]1NC(=O)OCc1ccccc1. The molecule has 1 aliphatic heterocycles. The van der Waals surface area contributed by atoms with Crippen molar-refractivity contribution >= 4 is 11.9 Å². The number of hydrogen-bond donors (Lipinski definition) is 2. The number of nitrogens with zero attached hydrogens (tertiary/aromatic N) is 1. The van der Waals surface area contributed by atoms with E-state index in [4.69, 9.17) is 14.3 Å². The molecule has 2 aromatic carbocycles. The zero-order valence-corrected chi connectivity index (χ0v) is 15.3. The zero-order valence-electron chi connectivity index (χ0n) is 15.3. The highest BCUT2D eigenvalue weighted by molar-refractivity contribution is 5.93. The summed E-state index contributed by atoms with van der Waals surface area (Å²) < 4.78 is 10.6. The van der Waals surface area contributed by atoms with Crippen LogP contribution in [0.2, 0.25) is 0 Å². The smallest absolute Gasteiger partial charge is 0.408 e. The van der Waals surface area contributed by atoms with Crippen molar-refractivity contribution in [3.8, 4) is 5.75 Å². The van der Waals surface area contributed by atoms with Crippen LogP contribution in [-0.2, 0) is 16.2 Å². The van der Waals surface area contributed by atoms with Crippen LogP contribution >= 0.6 is 0 Å². The largest absolute Gasteiger partial charge is 0.497 e. The number of amidine groups is 1. The molecule has 0 aliphatic carbocycles. The molecule has 0 saturated carbocycles. The van der Waals surface area contributed by atoms with Crippen molar-refractivity contribution in [1.82, 2.24) is 10.6 Å². The summed E-state index contributed by atoms with van der Waals surface area (Å²) in [6, 6.07) is 16.9. The third-order valence-corrected chi connectivity index (χ3v) is 4.42. The van der Waals surface area contributed by atoms with Gasteiger partial charge in [-0.2, -0.15) is 0 Å². The molecule has 7 nitrogen and oxygen atoms in total. The van der Waals surface area contributed by atoms with Crippen LogP contribution in [0.5, 0.6) is 5.75 Å². The molecule has 142 valence electrons. The summed E-state index contributed by atoms with van der Waals surface area (Å²) in [5, 5.41) is 10.1. The minimum Gasteiger partial charge on any atom is -0.497 e. The molecule has 1 heterocycles. The van der Waals surface area contributed by atoms with Crippen molar-refractivity contribution in [2.24, 2.45) is 5.16 Å². The Balaban J connectivity index is 1.69. The first-order valence-electron chi connectivity index (χ1n) is 8.67. The lowest BCUT2D eigenvalue weighted by molar-refractivity contribution is 0.137. The second-order valence-corrected chi connectivity index (χ2v) is 6.10. The molecule has 3 rings (SSSR count). The number of oxime groups is 1. The van der Waals surface area contributed by atoms with Crippen LogP contribution in [0.4, 0.5) is 4.79 Å². The molecule has 0 aromatic heterocycles. The number of ether oxygens (including phenoxy) is 2. The minimum absolute atomic E-state index is 0.00548. The van der Waals surface area contributed by atoms with Gasteiger partial charge in [-0.15, -0.1) is 0 Å². The predicted molar refractivity (Wildman–Crippen MR) is 102 cm³/mol. The summed E-state index contributed by atoms with van der Waals surface area (Å²) in [4.78, 5) is 17.2. The van der Waals surface area contributed by atoms with Gasteiger partial charge in [0, 0.05) is 12.5 Å². The van der Waals surface area contributed by atoms with Gasteiger partial charge in [-0.3, -0.25) is 0 Å². The Kier molecular flexibility index (Phi) is 6.14. The first-order chi connectivity index (χ1) is 13.2. The van der Waals surface area contributed by atoms with Gasteiger partial charge in [-0.1, -0.05) is 47.6 Å². The lowest BCUT2D eigenvalue weighted by Gasteiger charge is -2.20. The topological polar surface area (TPSA) is 81.2 Å². The van der Waals surface area contributed by atoms with Crippen molar-refractivity contribution in [3.05, 3.63) is 65.7 Å². The molecule has 0 radical (unpaired) electrons. The number of rotatable bonds is 6. The van der Waals surface area contributed by atoms with E-state index in [1.54, 1.807) is 7.11 Å². The zero-order chi connectivity index (χ0) is 19.1. The molecular weight excluding hydrogens is 346 g/mol. The molecule has 0 spiro atoms. The minimum atomic E-state index is -0.505. The van der Waals surface area contributed by atoms with E-state index in [0.29, 0.717) is 12.4 Å². The average Bonchev–Trinajstić information content (AvgIpc) is 3.10. The van der Waals surface area contributed by atoms with Crippen molar-refractivity contribution in [1.29, 1.82) is 0 Å². The average molecular weight is 369 g/mol. The van der Waals surface area contributed by atoms with E-state index >= 15 is 0 Å². The Morgan fingerprint density at radius 2 is 1.89 bits per heavy atom. The number of hydrogen-bond acceptors (Lipinski definition) is 5. The van der Waals surface area contributed by atoms with Crippen LogP contribution in [0, 0.1) is 0 Å². The van der Waals surface area contributed by atoms with Gasteiger partial charge >= 0.3 is 6.09 Å². The number of nitrogens with one attached hydrogen (secondary N) is 2. The van der Waals surface area contributed by atoms with E-state index in [1.807, 2.05) is 54.6 Å². The van der Waals surface area contributed by atoms with E-state index in [0.717, 1.165) is 16.9 Å². The molecule has 2 N–H and O–H groups in total. The Labute approximate surface area is 158 Å². The molecule has 1 saturated heterocycles. The molecular formula is C20H23N3O4. The Morgan fingerprint density at radius 3 is 2.56 bits per heavy atom. The number of carbonyl (C=O) groups excluding carboxylic acids is 1. The lowest BCUT2D eigenvalue weighted by Crippen LogP contribution is -2.43. The van der Waals surface area contributed by atoms with E-state index in [-0.39, 0.29) is 18.6 Å². The summed E-state index contributed by atoms with van der Waals surface area (Å²) in [6.07, 6.45) is -0.505. The maximum atomic E-state index is 12.3. The molecule has 1 fully saturated rings. The molecule has 2 atom stereocenters. The van der Waals surface area contributed by atoms with Crippen molar-refractivity contribution < 1.29 is 19.1 Å². The Bertz CT molecular complexity index is 778. The monoisotopic (exact) mass is 369 g/mol. The first kappa shape index (κ1) is 18.6. The fraction of sp³-hybridized carbons (Fsp3) is 0.300. The van der Waals surface area contributed by atoms with Crippen LogP contribution in [0.1, 0.15) is 17.0 Å². The van der Waals surface area contributed by atoms with Gasteiger partial charge in [0.1, 0.15) is 25.5 Å². The quantitative estimate of drug-likeness (QED) is 0.765. The summed E-state index contributed by atoms with van der Waals surface area (Å²) >= 11 is 0. The fourth-order valence-electron chi connectivity index (χ4n) is 3.04. The molecule has 27 heavy (non-hydrogen) atoms. The number of benzene rings is 2. The molecule has 0 bridgehead atoms. The van der Waals surface area contributed by atoms with Crippen LogP contribution in [0.3, 0.4) is 0 Å². The number of carbonyl (C=O) groups is 1. The summed E-state index contributed by atoms with van der Waals surface area (Å²) in [6.45, 7) is 0.828. The summed E-state index contributed by atoms with van der Waals surface area (Å²) in [5.74, 6) is 1.34. The van der Waals surface area contributed by atoms with Gasteiger partial charge in [-0.05, 0) is 23.3 Å². The van der Waals surface area contributed by atoms with Gasteiger partial charge in [0.05, 0.1) is 7.11 Å². The Hall–Kier alpha value is -3.22. The van der Waals surface area contributed by atoms with Crippen molar-refractivity contribution in [2.45, 2.75) is 18.6 Å². The molecule has 2 aromatic rings. The van der Waals surface area contributed by atoms with Gasteiger partial charge in [-0.25, -0.2) is 4.79 Å². The van der Waals surface area contributed by atoms with Gasteiger partial charge in [0.25, 0.3) is 0 Å². The summed E-state index contributed by atoms with van der Waals surface area (Å²) in [7, 11) is 3.10. The third-order valence-electron chi connectivity index (χ3n) is 4.42. The molecule has 7 heteroatoms. The maximum absolute atomic E-state index is 12.3. The van der Waals surface area contributed by atoms with Gasteiger partial charge in [0.2, 0.25) is 0 Å². The molecule has 0 unspecified atom stereocenters. The van der Waals surface area contributed by atoms with E-state index in [1.165, 1.54) is 7.11 Å². The van der Waals surface area contributed by atoms with E-state index in [9.17, 15) is 4.79 Å². The van der Waals surface area contributed by atoms with E-state index < -0.39 is 6.09 Å². The molecule has 1 aliphatic rings. The van der Waals surface area contributed by atoms with E-state index in [2.05, 4.69) is 15.8 Å². The van der Waals surface area contributed by atoms with Crippen molar-refractivity contribution in [2.75, 3.05) is 20.8 Å². The van der Waals surface area contributed by atoms with Crippen molar-refractivity contribution in [3.63, 3.8) is 0 Å². The highest BCUT2D eigenvalue weighted by atomic mass is 16.6. The predicted octanol–water partition coefficient (Wildman–Crippen LogP) is 2.64. The number of alkyl carbamates (subject to hydrolysis) is 1. The number of amides is 1. The lowest BCUT2D eigenvalue weighted by atomic mass is 9.94. The van der Waals surface area contributed by atoms with Crippen LogP contribution in [0.25, 0.3) is 0 Å². The second-order valence-electron chi connectivity index (χ2n) is 6.10. The fourth-order valence-corrected chi connectivity index (χ4v) is 3.04.